The Morgan fingerprint density at radius 3 is 2.56 bits per heavy atom. The van der Waals surface area contributed by atoms with Crippen LogP contribution in [0.2, 0.25) is 0 Å². The summed E-state index contributed by atoms with van der Waals surface area (Å²) < 4.78 is 18.3. The second-order valence-corrected chi connectivity index (χ2v) is 4.20. The molecule has 0 spiro atoms. The number of ether oxygens (including phenoxy) is 1. The Balaban J connectivity index is 0.00000144. The monoisotopic (exact) mass is 296 g/mol. The van der Waals surface area contributed by atoms with Crippen LogP contribution in [0.1, 0.15) is 6.92 Å². The summed E-state index contributed by atoms with van der Waals surface area (Å²) in [5, 5.41) is 6.52. The van der Waals surface area contributed by atoms with E-state index in [-0.39, 0.29) is 30.6 Å². The van der Waals surface area contributed by atoms with Crippen molar-refractivity contribution in [2.75, 3.05) is 25.5 Å². The summed E-state index contributed by atoms with van der Waals surface area (Å²) in [6, 6.07) is 4.83. The molecule has 0 saturated carbocycles. The molecule has 1 saturated heterocycles. The molecule has 2 rings (SSSR count). The normalized spacial score (nSPS) is 15.7. The first-order valence-electron chi connectivity index (χ1n) is 5.51. The Bertz CT molecular complexity index is 375. The van der Waals surface area contributed by atoms with Crippen molar-refractivity contribution < 1.29 is 9.13 Å². The van der Waals surface area contributed by atoms with Crippen molar-refractivity contribution in [1.82, 2.24) is 5.32 Å². The number of nitrogens with one attached hydrogen (secondary N) is 2. The predicted octanol–water partition coefficient (Wildman–Crippen LogP) is 2.70. The van der Waals surface area contributed by atoms with Crippen LogP contribution < -0.4 is 15.4 Å². The SMILES string of the molecule is COc1ccc(F)cc1NC(C)C1CNC1.Cl.Cl. The largest absolute Gasteiger partial charge is 0.495 e. The third-order valence-electron chi connectivity index (χ3n) is 3.06. The third-order valence-corrected chi connectivity index (χ3v) is 3.06. The minimum absolute atomic E-state index is 0. The van der Waals surface area contributed by atoms with Crippen LogP contribution in [0.5, 0.6) is 5.75 Å². The van der Waals surface area contributed by atoms with E-state index in [1.165, 1.54) is 12.1 Å². The molecule has 3 nitrogen and oxygen atoms in total. The molecule has 0 bridgehead atoms. The van der Waals surface area contributed by atoms with Gasteiger partial charge in [0, 0.05) is 31.1 Å². The Kier molecular flexibility index (Phi) is 7.36. The smallest absolute Gasteiger partial charge is 0.142 e. The number of halogens is 3. The van der Waals surface area contributed by atoms with Gasteiger partial charge >= 0.3 is 0 Å². The van der Waals surface area contributed by atoms with Gasteiger partial charge in [0.25, 0.3) is 0 Å². The fourth-order valence-corrected chi connectivity index (χ4v) is 1.82. The van der Waals surface area contributed by atoms with E-state index in [0.29, 0.717) is 17.7 Å². The fourth-order valence-electron chi connectivity index (χ4n) is 1.82. The molecule has 6 heteroatoms. The molecule has 0 aliphatic carbocycles. The number of benzene rings is 1. The lowest BCUT2D eigenvalue weighted by molar-refractivity contribution is 0.315. The van der Waals surface area contributed by atoms with Gasteiger partial charge in [-0.3, -0.25) is 0 Å². The summed E-state index contributed by atoms with van der Waals surface area (Å²) in [6.07, 6.45) is 0. The van der Waals surface area contributed by atoms with Crippen molar-refractivity contribution in [3.05, 3.63) is 24.0 Å². The van der Waals surface area contributed by atoms with Gasteiger partial charge in [0.15, 0.2) is 0 Å². The fraction of sp³-hybridized carbons (Fsp3) is 0.500. The third kappa shape index (κ3) is 3.90. The first-order valence-corrected chi connectivity index (χ1v) is 5.51. The van der Waals surface area contributed by atoms with Crippen LogP contribution >= 0.6 is 24.8 Å². The van der Waals surface area contributed by atoms with Crippen LogP contribution in [-0.4, -0.2) is 26.2 Å². The van der Waals surface area contributed by atoms with E-state index in [1.54, 1.807) is 13.2 Å². The molecule has 1 aromatic rings. The van der Waals surface area contributed by atoms with Crippen molar-refractivity contribution in [2.24, 2.45) is 5.92 Å². The highest BCUT2D eigenvalue weighted by atomic mass is 35.5. The second-order valence-electron chi connectivity index (χ2n) is 4.20. The molecular formula is C12H19Cl2FN2O. The zero-order valence-corrected chi connectivity index (χ0v) is 12.0. The van der Waals surface area contributed by atoms with Crippen LogP contribution in [0.4, 0.5) is 10.1 Å². The van der Waals surface area contributed by atoms with Gasteiger partial charge in [-0.1, -0.05) is 0 Å². The summed E-state index contributed by atoms with van der Waals surface area (Å²) in [5.41, 5.74) is 0.724. The lowest BCUT2D eigenvalue weighted by Crippen LogP contribution is -2.49. The Morgan fingerprint density at radius 1 is 1.39 bits per heavy atom. The van der Waals surface area contributed by atoms with Crippen LogP contribution in [0, 0.1) is 11.7 Å². The minimum atomic E-state index is -0.248. The number of rotatable bonds is 4. The quantitative estimate of drug-likeness (QED) is 0.896. The van der Waals surface area contributed by atoms with E-state index in [0.717, 1.165) is 18.8 Å². The molecule has 1 aliphatic rings. The van der Waals surface area contributed by atoms with Gasteiger partial charge in [-0.15, -0.1) is 24.8 Å². The lowest BCUT2D eigenvalue weighted by Gasteiger charge is -2.33. The van der Waals surface area contributed by atoms with Crippen molar-refractivity contribution in [2.45, 2.75) is 13.0 Å². The average Bonchev–Trinajstić information content (AvgIpc) is 2.15. The Hall–Kier alpha value is -0.710. The first kappa shape index (κ1) is 17.3. The zero-order chi connectivity index (χ0) is 11.5. The number of methoxy groups -OCH3 is 1. The van der Waals surface area contributed by atoms with Crippen LogP contribution in [0.15, 0.2) is 18.2 Å². The van der Waals surface area contributed by atoms with Crippen LogP contribution in [0.25, 0.3) is 0 Å². The first-order chi connectivity index (χ1) is 7.70. The van der Waals surface area contributed by atoms with E-state index in [4.69, 9.17) is 4.74 Å². The summed E-state index contributed by atoms with van der Waals surface area (Å²) in [7, 11) is 1.59. The summed E-state index contributed by atoms with van der Waals surface area (Å²) >= 11 is 0. The van der Waals surface area contributed by atoms with Crippen molar-refractivity contribution in [1.29, 1.82) is 0 Å². The number of hydrogen-bond acceptors (Lipinski definition) is 3. The van der Waals surface area contributed by atoms with Crippen LogP contribution in [0.3, 0.4) is 0 Å². The molecule has 2 N–H and O–H groups in total. The Labute approximate surface area is 119 Å². The van der Waals surface area contributed by atoms with E-state index in [1.807, 2.05) is 0 Å². The number of anilines is 1. The maximum atomic E-state index is 13.1. The molecule has 0 amide bonds. The van der Waals surface area contributed by atoms with Crippen LogP contribution in [-0.2, 0) is 0 Å². The molecule has 1 fully saturated rings. The van der Waals surface area contributed by atoms with Gasteiger partial charge in [0.2, 0.25) is 0 Å². The van der Waals surface area contributed by atoms with Gasteiger partial charge in [0.1, 0.15) is 11.6 Å². The molecule has 1 aliphatic heterocycles. The topological polar surface area (TPSA) is 33.3 Å². The standard InChI is InChI=1S/C12H17FN2O.2ClH/c1-8(9-6-14-7-9)15-11-5-10(13)3-4-12(11)16-2;;/h3-5,8-9,14-15H,6-7H2,1-2H3;2*1H. The lowest BCUT2D eigenvalue weighted by atomic mass is 9.95. The molecule has 1 heterocycles. The van der Waals surface area contributed by atoms with E-state index < -0.39 is 0 Å². The van der Waals surface area contributed by atoms with Crippen molar-refractivity contribution >= 4 is 30.5 Å². The van der Waals surface area contributed by atoms with Crippen molar-refractivity contribution in [3.63, 3.8) is 0 Å². The van der Waals surface area contributed by atoms with E-state index in [9.17, 15) is 4.39 Å². The maximum Gasteiger partial charge on any atom is 0.142 e. The highest BCUT2D eigenvalue weighted by molar-refractivity contribution is 5.85. The zero-order valence-electron chi connectivity index (χ0n) is 10.4. The second kappa shape index (κ2) is 7.67. The summed E-state index contributed by atoms with van der Waals surface area (Å²) in [5.74, 6) is 1.04. The molecule has 18 heavy (non-hydrogen) atoms. The molecule has 1 unspecified atom stereocenters. The van der Waals surface area contributed by atoms with Gasteiger partial charge in [-0.2, -0.15) is 0 Å². The molecule has 1 atom stereocenters. The highest BCUT2D eigenvalue weighted by Gasteiger charge is 2.24. The Morgan fingerprint density at radius 2 is 2.06 bits per heavy atom. The molecule has 1 aromatic carbocycles. The molecule has 104 valence electrons. The molecular weight excluding hydrogens is 278 g/mol. The number of hydrogen-bond donors (Lipinski definition) is 2. The van der Waals surface area contributed by atoms with Gasteiger partial charge in [-0.25, -0.2) is 4.39 Å². The average molecular weight is 297 g/mol. The molecule has 0 radical (unpaired) electrons. The predicted molar refractivity (Wildman–Crippen MR) is 76.9 cm³/mol. The van der Waals surface area contributed by atoms with E-state index in [2.05, 4.69) is 17.6 Å². The summed E-state index contributed by atoms with van der Waals surface area (Å²) in [4.78, 5) is 0. The van der Waals surface area contributed by atoms with Gasteiger partial charge < -0.3 is 15.4 Å². The van der Waals surface area contributed by atoms with Gasteiger partial charge in [0.05, 0.1) is 12.8 Å². The van der Waals surface area contributed by atoms with Crippen molar-refractivity contribution in [3.8, 4) is 5.75 Å². The maximum absolute atomic E-state index is 13.1. The minimum Gasteiger partial charge on any atom is -0.495 e. The van der Waals surface area contributed by atoms with Gasteiger partial charge in [-0.05, 0) is 19.1 Å². The highest BCUT2D eigenvalue weighted by Crippen LogP contribution is 2.27. The summed E-state index contributed by atoms with van der Waals surface area (Å²) in [6.45, 7) is 4.15. The van der Waals surface area contributed by atoms with E-state index >= 15 is 0 Å². The molecule has 0 aromatic heterocycles.